The number of aliphatic carboxylic acids is 1. The summed E-state index contributed by atoms with van der Waals surface area (Å²) in [7, 11) is 0. The molecule has 0 aromatic heterocycles. The second-order valence-electron chi connectivity index (χ2n) is 5.16. The lowest BCUT2D eigenvalue weighted by atomic mass is 9.88. The molecule has 0 aliphatic carbocycles. The number of amides is 1. The van der Waals surface area contributed by atoms with Gasteiger partial charge in [0.2, 0.25) is 5.91 Å². The standard InChI is InChI=1S/C13H24N2O3/c1-4-13(5-2,12(17)18)15-11(16)10-6-7-14-9(3)8-10/h9-10,14H,4-8H2,1-3H3,(H,15,16)(H,17,18). The van der Waals surface area contributed by atoms with Crippen molar-refractivity contribution in [2.75, 3.05) is 6.54 Å². The monoisotopic (exact) mass is 256 g/mol. The molecule has 5 heteroatoms. The molecule has 104 valence electrons. The smallest absolute Gasteiger partial charge is 0.329 e. The zero-order valence-electron chi connectivity index (χ0n) is 11.5. The first-order valence-electron chi connectivity index (χ1n) is 6.74. The average molecular weight is 256 g/mol. The van der Waals surface area contributed by atoms with Crippen LogP contribution in [0.4, 0.5) is 0 Å². The third-order valence-electron chi connectivity index (χ3n) is 3.97. The normalized spacial score (nSPS) is 24.6. The van der Waals surface area contributed by atoms with Crippen LogP contribution in [0.15, 0.2) is 0 Å². The summed E-state index contributed by atoms with van der Waals surface area (Å²) in [6, 6.07) is 0.317. The molecule has 2 atom stereocenters. The van der Waals surface area contributed by atoms with Crippen molar-refractivity contribution < 1.29 is 14.7 Å². The van der Waals surface area contributed by atoms with Crippen molar-refractivity contribution in [3.8, 4) is 0 Å². The molecule has 1 rings (SSSR count). The Balaban J connectivity index is 2.69. The Bertz CT molecular complexity index is 313. The van der Waals surface area contributed by atoms with E-state index in [9.17, 15) is 14.7 Å². The van der Waals surface area contributed by atoms with E-state index in [1.54, 1.807) is 13.8 Å². The Morgan fingerprint density at radius 3 is 2.44 bits per heavy atom. The number of carboxylic acids is 1. The molecule has 0 aromatic rings. The van der Waals surface area contributed by atoms with E-state index in [0.717, 1.165) is 19.4 Å². The molecule has 5 nitrogen and oxygen atoms in total. The zero-order valence-corrected chi connectivity index (χ0v) is 11.5. The van der Waals surface area contributed by atoms with Gasteiger partial charge >= 0.3 is 5.97 Å². The highest BCUT2D eigenvalue weighted by atomic mass is 16.4. The fraction of sp³-hybridized carbons (Fsp3) is 0.846. The van der Waals surface area contributed by atoms with E-state index in [1.165, 1.54) is 0 Å². The van der Waals surface area contributed by atoms with Crippen molar-refractivity contribution in [2.45, 2.75) is 58.0 Å². The van der Waals surface area contributed by atoms with Crippen LogP contribution in [0.3, 0.4) is 0 Å². The van der Waals surface area contributed by atoms with E-state index in [4.69, 9.17) is 0 Å². The quantitative estimate of drug-likeness (QED) is 0.689. The Hall–Kier alpha value is -1.10. The third-order valence-corrected chi connectivity index (χ3v) is 3.97. The van der Waals surface area contributed by atoms with Gasteiger partial charge in [0.05, 0.1) is 0 Å². The number of carbonyl (C=O) groups is 2. The molecule has 1 amide bonds. The van der Waals surface area contributed by atoms with E-state index in [0.29, 0.717) is 18.9 Å². The maximum absolute atomic E-state index is 12.2. The SMILES string of the molecule is CCC(CC)(NC(=O)C1CCNC(C)C1)C(=O)O. The van der Waals surface area contributed by atoms with E-state index >= 15 is 0 Å². The Morgan fingerprint density at radius 1 is 1.39 bits per heavy atom. The second-order valence-corrected chi connectivity index (χ2v) is 5.16. The van der Waals surface area contributed by atoms with E-state index < -0.39 is 11.5 Å². The van der Waals surface area contributed by atoms with E-state index in [2.05, 4.69) is 10.6 Å². The van der Waals surface area contributed by atoms with Crippen LogP contribution in [0.5, 0.6) is 0 Å². The minimum absolute atomic E-state index is 0.0712. The minimum Gasteiger partial charge on any atom is -0.480 e. The van der Waals surface area contributed by atoms with Gasteiger partial charge in [0.1, 0.15) is 5.54 Å². The first-order chi connectivity index (χ1) is 8.45. The van der Waals surface area contributed by atoms with Gasteiger partial charge in [-0.15, -0.1) is 0 Å². The summed E-state index contributed by atoms with van der Waals surface area (Å²) in [6.07, 6.45) is 2.37. The van der Waals surface area contributed by atoms with Gasteiger partial charge in [0, 0.05) is 12.0 Å². The first-order valence-corrected chi connectivity index (χ1v) is 6.74. The largest absolute Gasteiger partial charge is 0.480 e. The van der Waals surface area contributed by atoms with Gasteiger partial charge < -0.3 is 15.7 Å². The van der Waals surface area contributed by atoms with Crippen molar-refractivity contribution in [1.29, 1.82) is 0 Å². The highest BCUT2D eigenvalue weighted by Gasteiger charge is 2.38. The topological polar surface area (TPSA) is 78.4 Å². The molecule has 0 radical (unpaired) electrons. The van der Waals surface area contributed by atoms with Crippen molar-refractivity contribution in [3.05, 3.63) is 0 Å². The van der Waals surface area contributed by atoms with Crippen LogP contribution in [-0.4, -0.2) is 35.1 Å². The van der Waals surface area contributed by atoms with Gasteiger partial charge in [0.25, 0.3) is 0 Å². The predicted octanol–water partition coefficient (Wildman–Crippen LogP) is 1.13. The fourth-order valence-corrected chi connectivity index (χ4v) is 2.49. The van der Waals surface area contributed by atoms with Gasteiger partial charge in [0.15, 0.2) is 0 Å². The molecule has 1 heterocycles. The summed E-state index contributed by atoms with van der Waals surface area (Å²) in [5, 5.41) is 15.3. The van der Waals surface area contributed by atoms with E-state index in [1.807, 2.05) is 6.92 Å². The van der Waals surface area contributed by atoms with Gasteiger partial charge in [-0.2, -0.15) is 0 Å². The molecular formula is C13H24N2O3. The molecule has 0 aromatic carbocycles. The number of carbonyl (C=O) groups excluding carboxylic acids is 1. The van der Waals surface area contributed by atoms with Crippen molar-refractivity contribution in [3.63, 3.8) is 0 Å². The fourth-order valence-electron chi connectivity index (χ4n) is 2.49. The summed E-state index contributed by atoms with van der Waals surface area (Å²) < 4.78 is 0. The van der Waals surface area contributed by atoms with Crippen molar-refractivity contribution in [2.24, 2.45) is 5.92 Å². The molecular weight excluding hydrogens is 232 g/mol. The molecule has 1 fully saturated rings. The summed E-state index contributed by atoms with van der Waals surface area (Å²) in [5.41, 5.74) is -1.11. The Labute approximate surface area is 108 Å². The molecule has 3 N–H and O–H groups in total. The lowest BCUT2D eigenvalue weighted by Gasteiger charge is -2.33. The predicted molar refractivity (Wildman–Crippen MR) is 69.3 cm³/mol. The summed E-state index contributed by atoms with van der Waals surface area (Å²) in [5.74, 6) is -1.13. The average Bonchev–Trinajstić information content (AvgIpc) is 2.35. The molecule has 0 saturated carbocycles. The van der Waals surface area contributed by atoms with Gasteiger partial charge in [-0.3, -0.25) is 4.79 Å². The molecule has 2 unspecified atom stereocenters. The number of hydrogen-bond acceptors (Lipinski definition) is 3. The lowest BCUT2D eigenvalue weighted by Crippen LogP contribution is -2.56. The lowest BCUT2D eigenvalue weighted by molar-refractivity contribution is -0.149. The highest BCUT2D eigenvalue weighted by molar-refractivity contribution is 5.88. The van der Waals surface area contributed by atoms with Crippen LogP contribution in [0.25, 0.3) is 0 Å². The van der Waals surface area contributed by atoms with Crippen LogP contribution in [0, 0.1) is 5.92 Å². The summed E-state index contributed by atoms with van der Waals surface area (Å²) in [6.45, 7) is 6.45. The van der Waals surface area contributed by atoms with Gasteiger partial charge in [-0.1, -0.05) is 13.8 Å². The Kier molecular flexibility index (Phi) is 5.14. The number of nitrogens with one attached hydrogen (secondary N) is 2. The van der Waals surface area contributed by atoms with Crippen molar-refractivity contribution >= 4 is 11.9 Å². The summed E-state index contributed by atoms with van der Waals surface area (Å²) in [4.78, 5) is 23.5. The maximum Gasteiger partial charge on any atom is 0.329 e. The molecule has 1 saturated heterocycles. The van der Waals surface area contributed by atoms with Gasteiger partial charge in [-0.05, 0) is 39.2 Å². The zero-order chi connectivity index (χ0) is 13.8. The number of rotatable bonds is 5. The number of piperidine rings is 1. The van der Waals surface area contributed by atoms with Crippen molar-refractivity contribution in [1.82, 2.24) is 10.6 Å². The molecule has 1 aliphatic heterocycles. The number of hydrogen-bond donors (Lipinski definition) is 3. The van der Waals surface area contributed by atoms with Crippen LogP contribution in [0.2, 0.25) is 0 Å². The third kappa shape index (κ3) is 3.22. The second kappa shape index (κ2) is 6.18. The van der Waals surface area contributed by atoms with Crippen LogP contribution in [0.1, 0.15) is 46.5 Å². The number of carboxylic acid groups (broad SMARTS) is 1. The highest BCUT2D eigenvalue weighted by Crippen LogP contribution is 2.20. The molecule has 0 bridgehead atoms. The van der Waals surface area contributed by atoms with E-state index in [-0.39, 0.29) is 11.8 Å². The summed E-state index contributed by atoms with van der Waals surface area (Å²) >= 11 is 0. The minimum atomic E-state index is -1.11. The van der Waals surface area contributed by atoms with Crippen LogP contribution in [-0.2, 0) is 9.59 Å². The Morgan fingerprint density at radius 2 is 2.00 bits per heavy atom. The van der Waals surface area contributed by atoms with Crippen LogP contribution < -0.4 is 10.6 Å². The molecule has 1 aliphatic rings. The van der Waals surface area contributed by atoms with Crippen LogP contribution >= 0.6 is 0 Å². The van der Waals surface area contributed by atoms with Gasteiger partial charge in [-0.25, -0.2) is 4.79 Å². The maximum atomic E-state index is 12.2. The molecule has 18 heavy (non-hydrogen) atoms. The molecule has 0 spiro atoms. The first kappa shape index (κ1) is 15.0.